The molecule has 1 amide bonds. The van der Waals surface area contributed by atoms with Crippen molar-refractivity contribution in [2.45, 2.75) is 13.0 Å². The van der Waals surface area contributed by atoms with Crippen LogP contribution in [0.15, 0.2) is 36.4 Å². The molecule has 150 valence electrons. The molecule has 0 saturated carbocycles. The molecule has 0 aromatic heterocycles. The van der Waals surface area contributed by atoms with Crippen molar-refractivity contribution in [2.75, 3.05) is 29.1 Å². The molecule has 0 fully saturated rings. The molecule has 0 bridgehead atoms. The summed E-state index contributed by atoms with van der Waals surface area (Å²) in [6, 6.07) is 7.23. The van der Waals surface area contributed by atoms with Crippen LogP contribution in [0.5, 0.6) is 11.5 Å². The molecule has 0 saturated heterocycles. The van der Waals surface area contributed by atoms with E-state index < -0.39 is 27.8 Å². The van der Waals surface area contributed by atoms with Gasteiger partial charge in [-0.25, -0.2) is 12.8 Å². The third kappa shape index (κ3) is 4.31. The lowest BCUT2D eigenvalue weighted by Gasteiger charge is -2.29. The highest BCUT2D eigenvalue weighted by Crippen LogP contribution is 2.35. The van der Waals surface area contributed by atoms with Gasteiger partial charge < -0.3 is 14.8 Å². The summed E-state index contributed by atoms with van der Waals surface area (Å²) in [6.07, 6.45) is 1.00. The summed E-state index contributed by atoms with van der Waals surface area (Å²) < 4.78 is 50.0. The Balaban J connectivity index is 1.89. The lowest BCUT2D eigenvalue weighted by atomic mass is 10.2. The second kappa shape index (κ2) is 7.84. The number of fused-ring (bicyclic) bond motifs is 1. The van der Waals surface area contributed by atoms with E-state index in [4.69, 9.17) is 21.1 Å². The quantitative estimate of drug-likeness (QED) is 0.791. The number of hydrogen-bond acceptors (Lipinski definition) is 5. The maximum absolute atomic E-state index is 13.3. The largest absolute Gasteiger partial charge is 0.486 e. The predicted molar refractivity (Wildman–Crippen MR) is 104 cm³/mol. The summed E-state index contributed by atoms with van der Waals surface area (Å²) >= 11 is 5.72. The number of hydrogen-bond donors (Lipinski definition) is 1. The van der Waals surface area contributed by atoms with Crippen molar-refractivity contribution in [3.63, 3.8) is 0 Å². The summed E-state index contributed by atoms with van der Waals surface area (Å²) in [5.41, 5.74) is 0.505. The monoisotopic (exact) mass is 428 g/mol. The number of amides is 1. The van der Waals surface area contributed by atoms with Crippen LogP contribution in [-0.4, -0.2) is 39.8 Å². The fourth-order valence-electron chi connectivity index (χ4n) is 2.80. The number of carbonyl (C=O) groups is 1. The van der Waals surface area contributed by atoms with E-state index in [0.717, 1.165) is 16.6 Å². The molecule has 0 aliphatic carbocycles. The number of sulfonamides is 1. The third-order valence-electron chi connectivity index (χ3n) is 4.06. The Kier molecular flexibility index (Phi) is 5.66. The molecule has 2 aromatic carbocycles. The first-order chi connectivity index (χ1) is 13.2. The van der Waals surface area contributed by atoms with Crippen LogP contribution in [0.3, 0.4) is 0 Å². The lowest BCUT2D eigenvalue weighted by Crippen LogP contribution is -2.45. The number of nitrogens with zero attached hydrogens (tertiary/aromatic N) is 1. The van der Waals surface area contributed by atoms with Gasteiger partial charge in [0.2, 0.25) is 15.9 Å². The molecule has 0 radical (unpaired) electrons. The average Bonchev–Trinajstić information content (AvgIpc) is 2.63. The molecular formula is C18H18ClFN2O5S. The van der Waals surface area contributed by atoms with Gasteiger partial charge in [0.15, 0.2) is 11.5 Å². The van der Waals surface area contributed by atoms with Crippen molar-refractivity contribution >= 4 is 38.9 Å². The van der Waals surface area contributed by atoms with E-state index in [-0.39, 0.29) is 16.4 Å². The minimum atomic E-state index is -3.81. The first-order valence-corrected chi connectivity index (χ1v) is 10.5. The number of benzene rings is 2. The first kappa shape index (κ1) is 20.2. The van der Waals surface area contributed by atoms with Crippen LogP contribution >= 0.6 is 11.6 Å². The Hall–Kier alpha value is -2.52. The van der Waals surface area contributed by atoms with Crippen molar-refractivity contribution in [3.8, 4) is 11.5 Å². The molecule has 3 rings (SSSR count). The van der Waals surface area contributed by atoms with Crippen LogP contribution in [0.2, 0.25) is 5.02 Å². The van der Waals surface area contributed by atoms with E-state index in [2.05, 4.69) is 5.32 Å². The van der Waals surface area contributed by atoms with E-state index in [0.29, 0.717) is 24.7 Å². The van der Waals surface area contributed by atoms with Crippen LogP contribution in [0, 0.1) is 5.82 Å². The van der Waals surface area contributed by atoms with E-state index in [9.17, 15) is 17.6 Å². The van der Waals surface area contributed by atoms with Crippen molar-refractivity contribution in [1.82, 2.24) is 0 Å². The standard InChI is InChI=1S/C18H18ClFN2O5S/c1-11(18(23)21-12-3-5-15(20)14(19)9-12)22(28(2,24)25)13-4-6-16-17(10-13)27-8-7-26-16/h3-6,9-11H,7-8H2,1-2H3,(H,21,23)/t11-/m0/s1. The van der Waals surface area contributed by atoms with Gasteiger partial charge in [0, 0.05) is 11.8 Å². The van der Waals surface area contributed by atoms with Gasteiger partial charge >= 0.3 is 0 Å². The van der Waals surface area contributed by atoms with Gasteiger partial charge in [-0.05, 0) is 37.3 Å². The van der Waals surface area contributed by atoms with Gasteiger partial charge in [-0.3, -0.25) is 9.10 Å². The zero-order chi connectivity index (χ0) is 20.5. The average molecular weight is 429 g/mol. The van der Waals surface area contributed by atoms with Crippen molar-refractivity contribution in [1.29, 1.82) is 0 Å². The summed E-state index contributed by atoms with van der Waals surface area (Å²) in [6.45, 7) is 2.19. The highest BCUT2D eigenvalue weighted by Gasteiger charge is 2.30. The molecule has 1 N–H and O–H groups in total. The Morgan fingerprint density at radius 3 is 2.50 bits per heavy atom. The molecule has 10 heteroatoms. The van der Waals surface area contributed by atoms with Crippen molar-refractivity contribution in [2.24, 2.45) is 0 Å². The Bertz CT molecular complexity index is 1020. The normalized spacial score (nSPS) is 14.3. The molecular weight excluding hydrogens is 411 g/mol. The number of carbonyl (C=O) groups excluding carboxylic acids is 1. The summed E-state index contributed by atoms with van der Waals surface area (Å²) in [7, 11) is -3.81. The number of anilines is 2. The van der Waals surface area contributed by atoms with Gasteiger partial charge in [-0.1, -0.05) is 11.6 Å². The van der Waals surface area contributed by atoms with Crippen LogP contribution in [0.1, 0.15) is 6.92 Å². The van der Waals surface area contributed by atoms with E-state index in [1.165, 1.54) is 31.2 Å². The molecule has 1 heterocycles. The van der Waals surface area contributed by atoms with Crippen LogP contribution < -0.4 is 19.1 Å². The molecule has 0 unspecified atom stereocenters. The summed E-state index contributed by atoms with van der Waals surface area (Å²) in [4.78, 5) is 12.6. The van der Waals surface area contributed by atoms with Gasteiger partial charge in [-0.2, -0.15) is 0 Å². The van der Waals surface area contributed by atoms with Gasteiger partial charge in [0.1, 0.15) is 25.1 Å². The SMILES string of the molecule is C[C@@H](C(=O)Nc1ccc(F)c(Cl)c1)N(c1ccc2c(c1)OCCO2)S(C)(=O)=O. The molecule has 1 aliphatic heterocycles. The van der Waals surface area contributed by atoms with Crippen LogP contribution in [-0.2, 0) is 14.8 Å². The molecule has 28 heavy (non-hydrogen) atoms. The summed E-state index contributed by atoms with van der Waals surface area (Å²) in [5, 5.41) is 2.39. The minimum absolute atomic E-state index is 0.155. The summed E-state index contributed by atoms with van der Waals surface area (Å²) in [5.74, 6) is -0.332. The van der Waals surface area contributed by atoms with Gasteiger partial charge in [0.05, 0.1) is 17.0 Å². The molecule has 1 aliphatic rings. The van der Waals surface area contributed by atoms with Gasteiger partial charge in [-0.15, -0.1) is 0 Å². The molecule has 7 nitrogen and oxygen atoms in total. The predicted octanol–water partition coefficient (Wildman–Crippen LogP) is 3.04. The maximum atomic E-state index is 13.3. The Morgan fingerprint density at radius 2 is 1.86 bits per heavy atom. The lowest BCUT2D eigenvalue weighted by molar-refractivity contribution is -0.116. The Labute approximate surface area is 167 Å². The van der Waals surface area contributed by atoms with Crippen molar-refractivity contribution < 1.29 is 27.1 Å². The number of nitrogens with one attached hydrogen (secondary N) is 1. The Morgan fingerprint density at radius 1 is 1.18 bits per heavy atom. The fraction of sp³-hybridized carbons (Fsp3) is 0.278. The number of halogens is 2. The molecule has 0 spiro atoms. The van der Waals surface area contributed by atoms with Gasteiger partial charge in [0.25, 0.3) is 0 Å². The van der Waals surface area contributed by atoms with Crippen molar-refractivity contribution in [3.05, 3.63) is 47.2 Å². The fourth-order valence-corrected chi connectivity index (χ4v) is 4.15. The second-order valence-electron chi connectivity index (χ2n) is 6.18. The van der Waals surface area contributed by atoms with Crippen LogP contribution in [0.4, 0.5) is 15.8 Å². The third-order valence-corrected chi connectivity index (χ3v) is 5.59. The number of rotatable bonds is 5. The highest BCUT2D eigenvalue weighted by molar-refractivity contribution is 7.92. The highest BCUT2D eigenvalue weighted by atomic mass is 35.5. The van der Waals surface area contributed by atoms with Crippen LogP contribution in [0.25, 0.3) is 0 Å². The second-order valence-corrected chi connectivity index (χ2v) is 8.45. The molecule has 1 atom stereocenters. The zero-order valence-corrected chi connectivity index (χ0v) is 16.7. The smallest absolute Gasteiger partial charge is 0.247 e. The van der Waals surface area contributed by atoms with E-state index in [1.54, 1.807) is 6.07 Å². The van der Waals surface area contributed by atoms with E-state index >= 15 is 0 Å². The zero-order valence-electron chi connectivity index (χ0n) is 15.1. The minimum Gasteiger partial charge on any atom is -0.486 e. The first-order valence-electron chi connectivity index (χ1n) is 8.32. The topological polar surface area (TPSA) is 84.9 Å². The van der Waals surface area contributed by atoms with E-state index in [1.807, 2.05) is 0 Å². The molecule has 2 aromatic rings. The number of ether oxygens (including phenoxy) is 2. The maximum Gasteiger partial charge on any atom is 0.247 e.